The number of anilines is 1. The Balaban J connectivity index is 2.14. The molecular weight excluding hydrogens is 290 g/mol. The molecule has 0 fully saturated rings. The Hall–Kier alpha value is -2.05. The molecule has 0 aliphatic heterocycles. The average molecular weight is 298 g/mol. The van der Waals surface area contributed by atoms with Crippen molar-refractivity contribution in [3.05, 3.63) is 45.6 Å². The van der Waals surface area contributed by atoms with E-state index < -0.39 is 12.1 Å². The molecule has 1 aromatic carbocycles. The summed E-state index contributed by atoms with van der Waals surface area (Å²) in [6, 6.07) is 6.56. The maximum absolute atomic E-state index is 12.0. The maximum atomic E-state index is 12.0. The lowest BCUT2D eigenvalue weighted by molar-refractivity contribution is 0.102. The molecule has 1 heterocycles. The smallest absolute Gasteiger partial charge is 0.449 e. The van der Waals surface area contributed by atoms with Gasteiger partial charge in [-0.1, -0.05) is 11.6 Å². The first-order valence-corrected chi connectivity index (χ1v) is 6.42. The molecule has 5 nitrogen and oxygen atoms in total. The number of thiophene rings is 1. The number of halogens is 1. The second-order valence-corrected chi connectivity index (χ2v) is 4.66. The maximum Gasteiger partial charge on any atom is 0.511 e. The summed E-state index contributed by atoms with van der Waals surface area (Å²) in [5.74, 6) is -0.427. The first kappa shape index (κ1) is 13.4. The molecule has 19 heavy (non-hydrogen) atoms. The lowest BCUT2D eigenvalue weighted by Gasteiger charge is -2.05. The van der Waals surface area contributed by atoms with Crippen LogP contribution in [0.15, 0.2) is 35.0 Å². The average Bonchev–Trinajstić information content (AvgIpc) is 2.79. The highest BCUT2D eigenvalue weighted by molar-refractivity contribution is 7.08. The van der Waals surface area contributed by atoms with Gasteiger partial charge in [0.25, 0.3) is 5.91 Å². The van der Waals surface area contributed by atoms with E-state index in [1.165, 1.54) is 22.1 Å². The second kappa shape index (κ2) is 5.73. The van der Waals surface area contributed by atoms with E-state index >= 15 is 0 Å². The molecule has 0 radical (unpaired) electrons. The molecule has 98 valence electrons. The van der Waals surface area contributed by atoms with Crippen LogP contribution in [0, 0.1) is 0 Å². The van der Waals surface area contributed by atoms with Gasteiger partial charge in [0.15, 0.2) is 5.75 Å². The van der Waals surface area contributed by atoms with E-state index in [2.05, 4.69) is 10.1 Å². The van der Waals surface area contributed by atoms with Gasteiger partial charge in [0.05, 0.1) is 5.56 Å². The third-order valence-electron chi connectivity index (χ3n) is 2.17. The summed E-state index contributed by atoms with van der Waals surface area (Å²) in [5.41, 5.74) is 0.726. The SMILES string of the molecule is O=C(O)Oc1cscc1C(=O)Nc1ccc(Cl)cc1. The van der Waals surface area contributed by atoms with Gasteiger partial charge in [-0.15, -0.1) is 11.3 Å². The van der Waals surface area contributed by atoms with E-state index in [0.29, 0.717) is 10.7 Å². The zero-order valence-electron chi connectivity index (χ0n) is 9.42. The van der Waals surface area contributed by atoms with Crippen molar-refractivity contribution < 1.29 is 19.4 Å². The standard InChI is InChI=1S/C12H8ClNO4S/c13-7-1-3-8(4-2-7)14-11(15)9-5-19-6-10(9)18-12(16)17/h1-6H,(H,14,15)(H,16,17). The minimum Gasteiger partial charge on any atom is -0.449 e. The van der Waals surface area contributed by atoms with E-state index in [1.807, 2.05) is 0 Å². The first-order chi connectivity index (χ1) is 9.06. The van der Waals surface area contributed by atoms with Gasteiger partial charge >= 0.3 is 6.16 Å². The molecule has 0 atom stereocenters. The molecule has 2 N–H and O–H groups in total. The predicted molar refractivity (Wildman–Crippen MR) is 72.4 cm³/mol. The number of carbonyl (C=O) groups is 2. The van der Waals surface area contributed by atoms with Gasteiger partial charge in [-0.05, 0) is 24.3 Å². The third kappa shape index (κ3) is 3.46. The quantitative estimate of drug-likeness (QED) is 0.847. The highest BCUT2D eigenvalue weighted by Crippen LogP contribution is 2.25. The summed E-state index contributed by atoms with van der Waals surface area (Å²) in [5, 5.41) is 14.7. The number of hydrogen-bond acceptors (Lipinski definition) is 4. The Morgan fingerprint density at radius 1 is 1.21 bits per heavy atom. The normalized spacial score (nSPS) is 9.95. The van der Waals surface area contributed by atoms with Crippen molar-refractivity contribution >= 4 is 40.7 Å². The minimum absolute atomic E-state index is 0.0176. The van der Waals surface area contributed by atoms with E-state index in [1.54, 1.807) is 24.3 Å². The van der Waals surface area contributed by atoms with Crippen molar-refractivity contribution in [3.8, 4) is 5.75 Å². The highest BCUT2D eigenvalue weighted by Gasteiger charge is 2.16. The molecule has 1 amide bonds. The molecule has 0 spiro atoms. The van der Waals surface area contributed by atoms with Crippen LogP contribution in [0.25, 0.3) is 0 Å². The molecule has 0 unspecified atom stereocenters. The fourth-order valence-corrected chi connectivity index (χ4v) is 2.21. The summed E-state index contributed by atoms with van der Waals surface area (Å²) in [6.07, 6.45) is -1.46. The van der Waals surface area contributed by atoms with E-state index in [4.69, 9.17) is 16.7 Å². The van der Waals surface area contributed by atoms with Crippen molar-refractivity contribution in [3.63, 3.8) is 0 Å². The Labute approximate surface area is 117 Å². The van der Waals surface area contributed by atoms with Crippen molar-refractivity contribution in [2.75, 3.05) is 5.32 Å². The van der Waals surface area contributed by atoms with Crippen molar-refractivity contribution in [1.82, 2.24) is 0 Å². The summed E-state index contributed by atoms with van der Waals surface area (Å²) in [4.78, 5) is 22.4. The van der Waals surface area contributed by atoms with Crippen molar-refractivity contribution in [2.45, 2.75) is 0 Å². The molecule has 2 rings (SSSR count). The van der Waals surface area contributed by atoms with Crippen molar-refractivity contribution in [1.29, 1.82) is 0 Å². The number of rotatable bonds is 3. The van der Waals surface area contributed by atoms with Gasteiger partial charge in [0.2, 0.25) is 0 Å². The minimum atomic E-state index is -1.46. The van der Waals surface area contributed by atoms with Crippen LogP contribution in [-0.2, 0) is 0 Å². The zero-order chi connectivity index (χ0) is 13.8. The van der Waals surface area contributed by atoms with Crippen LogP contribution in [0.4, 0.5) is 10.5 Å². The van der Waals surface area contributed by atoms with Crippen LogP contribution in [0.1, 0.15) is 10.4 Å². The van der Waals surface area contributed by atoms with Crippen LogP contribution in [-0.4, -0.2) is 17.2 Å². The van der Waals surface area contributed by atoms with E-state index in [-0.39, 0.29) is 11.3 Å². The topological polar surface area (TPSA) is 75.6 Å². The third-order valence-corrected chi connectivity index (χ3v) is 3.14. The number of ether oxygens (including phenoxy) is 1. The molecule has 0 aliphatic carbocycles. The Bertz CT molecular complexity index is 608. The number of carbonyl (C=O) groups excluding carboxylic acids is 1. The number of amides is 1. The number of hydrogen-bond donors (Lipinski definition) is 2. The lowest BCUT2D eigenvalue weighted by Crippen LogP contribution is -2.13. The van der Waals surface area contributed by atoms with Crippen LogP contribution >= 0.6 is 22.9 Å². The number of nitrogens with one attached hydrogen (secondary N) is 1. The molecule has 7 heteroatoms. The monoisotopic (exact) mass is 297 g/mol. The van der Waals surface area contributed by atoms with Crippen LogP contribution in [0.5, 0.6) is 5.75 Å². The van der Waals surface area contributed by atoms with E-state index in [0.717, 1.165) is 0 Å². The second-order valence-electron chi connectivity index (χ2n) is 3.48. The van der Waals surface area contributed by atoms with Gasteiger partial charge in [-0.25, -0.2) is 4.79 Å². The van der Waals surface area contributed by atoms with E-state index in [9.17, 15) is 9.59 Å². The molecular formula is C12H8ClNO4S. The van der Waals surface area contributed by atoms with Gasteiger partial charge in [0, 0.05) is 21.5 Å². The molecule has 0 saturated carbocycles. The molecule has 0 aliphatic rings. The molecule has 0 bridgehead atoms. The van der Waals surface area contributed by atoms with Gasteiger partial charge in [-0.2, -0.15) is 0 Å². The van der Waals surface area contributed by atoms with Gasteiger partial charge in [-0.3, -0.25) is 4.79 Å². The Kier molecular flexibility index (Phi) is 4.03. The summed E-state index contributed by atoms with van der Waals surface area (Å²) in [6.45, 7) is 0. The van der Waals surface area contributed by atoms with Crippen LogP contribution < -0.4 is 10.1 Å². The molecule has 0 saturated heterocycles. The summed E-state index contributed by atoms with van der Waals surface area (Å²) in [7, 11) is 0. The first-order valence-electron chi connectivity index (χ1n) is 5.10. The number of carboxylic acid groups (broad SMARTS) is 1. The fourth-order valence-electron chi connectivity index (χ4n) is 1.36. The molecule has 1 aromatic heterocycles. The Morgan fingerprint density at radius 3 is 2.53 bits per heavy atom. The van der Waals surface area contributed by atoms with Gasteiger partial charge < -0.3 is 15.2 Å². The summed E-state index contributed by atoms with van der Waals surface area (Å²) < 4.78 is 4.51. The Morgan fingerprint density at radius 2 is 1.89 bits per heavy atom. The highest BCUT2D eigenvalue weighted by atomic mass is 35.5. The van der Waals surface area contributed by atoms with Gasteiger partial charge in [0.1, 0.15) is 0 Å². The number of benzene rings is 1. The largest absolute Gasteiger partial charge is 0.511 e. The summed E-state index contributed by atoms with van der Waals surface area (Å²) >= 11 is 6.91. The van der Waals surface area contributed by atoms with Crippen LogP contribution in [0.3, 0.4) is 0 Å². The zero-order valence-corrected chi connectivity index (χ0v) is 11.0. The predicted octanol–water partition coefficient (Wildman–Crippen LogP) is 3.71. The lowest BCUT2D eigenvalue weighted by atomic mass is 10.2. The van der Waals surface area contributed by atoms with Crippen LogP contribution in [0.2, 0.25) is 5.02 Å². The van der Waals surface area contributed by atoms with Crippen molar-refractivity contribution in [2.24, 2.45) is 0 Å². The molecule has 2 aromatic rings. The fraction of sp³-hybridized carbons (Fsp3) is 0.